The van der Waals surface area contributed by atoms with Gasteiger partial charge in [0, 0.05) is 34.8 Å². The number of hydrogen-bond donors (Lipinski definition) is 1. The van der Waals surface area contributed by atoms with Crippen molar-refractivity contribution in [1.82, 2.24) is 4.57 Å². The van der Waals surface area contributed by atoms with Crippen molar-refractivity contribution < 1.29 is 4.79 Å². The molecule has 0 aliphatic heterocycles. The van der Waals surface area contributed by atoms with Gasteiger partial charge in [0.2, 0.25) is 0 Å². The third kappa shape index (κ3) is 5.14. The second-order valence-corrected chi connectivity index (χ2v) is 9.33. The number of aromatic nitrogens is 1. The fraction of sp³-hybridized carbons (Fsp3) is 0.360. The molecule has 0 bridgehead atoms. The zero-order valence-corrected chi connectivity index (χ0v) is 18.0. The van der Waals surface area contributed by atoms with E-state index in [0.717, 1.165) is 11.8 Å². The molecule has 0 radical (unpaired) electrons. The molecule has 4 nitrogen and oxygen atoms in total. The molecule has 0 aliphatic carbocycles. The zero-order valence-electron chi connectivity index (χ0n) is 18.0. The lowest BCUT2D eigenvalue weighted by Crippen LogP contribution is -2.26. The lowest BCUT2D eigenvalue weighted by molar-refractivity contribution is 0.102. The van der Waals surface area contributed by atoms with Crippen LogP contribution in [0.3, 0.4) is 0 Å². The third-order valence-corrected chi connectivity index (χ3v) is 4.77. The summed E-state index contributed by atoms with van der Waals surface area (Å²) in [6.07, 6.45) is 2.80. The fourth-order valence-corrected chi connectivity index (χ4v) is 3.52. The predicted molar refractivity (Wildman–Crippen MR) is 121 cm³/mol. The monoisotopic (exact) mass is 390 g/mol. The summed E-state index contributed by atoms with van der Waals surface area (Å²) in [5.41, 5.74) is 2.45. The fourth-order valence-electron chi connectivity index (χ4n) is 3.52. The number of nitrogens with one attached hydrogen (secondary N) is 1. The molecule has 152 valence electrons. The summed E-state index contributed by atoms with van der Waals surface area (Å²) in [4.78, 5) is 25.6. The Morgan fingerprint density at radius 2 is 1.69 bits per heavy atom. The molecule has 0 atom stereocenters. The molecular formula is C25H30N2O2. The van der Waals surface area contributed by atoms with Gasteiger partial charge in [0.05, 0.1) is 0 Å². The number of anilines is 1. The largest absolute Gasteiger partial charge is 0.321 e. The van der Waals surface area contributed by atoms with E-state index >= 15 is 0 Å². The summed E-state index contributed by atoms with van der Waals surface area (Å²) in [6.45, 7) is 11.3. The van der Waals surface area contributed by atoms with Crippen LogP contribution >= 0.6 is 0 Å². The van der Waals surface area contributed by atoms with Gasteiger partial charge in [-0.1, -0.05) is 52.8 Å². The van der Waals surface area contributed by atoms with E-state index in [-0.39, 0.29) is 16.9 Å². The van der Waals surface area contributed by atoms with E-state index in [2.05, 4.69) is 39.9 Å². The zero-order chi connectivity index (χ0) is 21.2. The first-order valence-corrected chi connectivity index (χ1v) is 10.2. The topological polar surface area (TPSA) is 51.1 Å². The van der Waals surface area contributed by atoms with Crippen molar-refractivity contribution in [2.75, 3.05) is 5.32 Å². The number of carbonyl (C=O) groups excluding carboxylic acids is 1. The van der Waals surface area contributed by atoms with Gasteiger partial charge in [-0.25, -0.2) is 0 Å². The number of hydrogen-bond acceptors (Lipinski definition) is 2. The molecule has 3 aromatic rings. The number of fused-ring (bicyclic) bond motifs is 1. The average Bonchev–Trinajstić information content (AvgIpc) is 2.63. The molecule has 0 aliphatic rings. The van der Waals surface area contributed by atoms with Gasteiger partial charge in [-0.15, -0.1) is 0 Å². The molecule has 1 amide bonds. The smallest absolute Gasteiger partial charge is 0.258 e. The van der Waals surface area contributed by atoms with Gasteiger partial charge < -0.3 is 9.88 Å². The van der Waals surface area contributed by atoms with Crippen LogP contribution in [-0.2, 0) is 13.0 Å². The molecule has 1 heterocycles. The van der Waals surface area contributed by atoms with Gasteiger partial charge >= 0.3 is 0 Å². The number of pyridine rings is 1. The molecule has 0 fully saturated rings. The lowest BCUT2D eigenvalue weighted by atomic mass is 9.96. The minimum atomic E-state index is -0.174. The Morgan fingerprint density at radius 3 is 2.31 bits per heavy atom. The van der Waals surface area contributed by atoms with E-state index < -0.39 is 0 Å². The quantitative estimate of drug-likeness (QED) is 0.625. The van der Waals surface area contributed by atoms with E-state index in [1.54, 1.807) is 4.57 Å². The minimum Gasteiger partial charge on any atom is -0.321 e. The lowest BCUT2D eigenvalue weighted by Gasteiger charge is -2.20. The van der Waals surface area contributed by atoms with Crippen LogP contribution in [0.25, 0.3) is 10.8 Å². The van der Waals surface area contributed by atoms with Crippen LogP contribution in [-0.4, -0.2) is 10.5 Å². The first kappa shape index (κ1) is 20.8. The molecule has 1 N–H and O–H groups in total. The van der Waals surface area contributed by atoms with Crippen molar-refractivity contribution in [2.24, 2.45) is 11.3 Å². The van der Waals surface area contributed by atoms with E-state index in [1.807, 2.05) is 54.7 Å². The molecule has 4 heteroatoms. The highest BCUT2D eigenvalue weighted by molar-refractivity contribution is 6.09. The summed E-state index contributed by atoms with van der Waals surface area (Å²) < 4.78 is 1.74. The maximum Gasteiger partial charge on any atom is 0.258 e. The molecule has 29 heavy (non-hydrogen) atoms. The van der Waals surface area contributed by atoms with Gasteiger partial charge in [-0.05, 0) is 53.6 Å². The second-order valence-electron chi connectivity index (χ2n) is 9.33. The van der Waals surface area contributed by atoms with Crippen molar-refractivity contribution in [3.05, 3.63) is 76.2 Å². The van der Waals surface area contributed by atoms with Gasteiger partial charge in [0.15, 0.2) is 0 Å². The van der Waals surface area contributed by atoms with Crippen LogP contribution in [0.4, 0.5) is 5.69 Å². The average molecular weight is 391 g/mol. The highest BCUT2D eigenvalue weighted by Crippen LogP contribution is 2.23. The molecule has 0 saturated heterocycles. The highest BCUT2D eigenvalue weighted by Gasteiger charge is 2.15. The van der Waals surface area contributed by atoms with Crippen molar-refractivity contribution >= 4 is 22.4 Å². The van der Waals surface area contributed by atoms with Crippen molar-refractivity contribution in [3.8, 4) is 0 Å². The first-order chi connectivity index (χ1) is 13.6. The highest BCUT2D eigenvalue weighted by atomic mass is 16.1. The Kier molecular flexibility index (Phi) is 5.92. The Bertz CT molecular complexity index is 1070. The van der Waals surface area contributed by atoms with Crippen molar-refractivity contribution in [1.29, 1.82) is 0 Å². The molecule has 3 rings (SSSR count). The van der Waals surface area contributed by atoms with Gasteiger partial charge in [-0.3, -0.25) is 9.59 Å². The van der Waals surface area contributed by atoms with Crippen LogP contribution in [0.5, 0.6) is 0 Å². The maximum atomic E-state index is 12.9. The molecule has 0 spiro atoms. The Balaban J connectivity index is 1.87. The molecule has 1 aromatic heterocycles. The number of benzene rings is 2. The summed E-state index contributed by atoms with van der Waals surface area (Å²) >= 11 is 0. The van der Waals surface area contributed by atoms with Crippen LogP contribution < -0.4 is 10.9 Å². The third-order valence-electron chi connectivity index (χ3n) is 4.77. The van der Waals surface area contributed by atoms with Crippen molar-refractivity contribution in [2.45, 2.75) is 47.6 Å². The normalized spacial score (nSPS) is 11.8. The maximum absolute atomic E-state index is 12.9. The summed E-state index contributed by atoms with van der Waals surface area (Å²) in [7, 11) is 0. The predicted octanol–water partition coefficient (Wildman–Crippen LogP) is 5.50. The van der Waals surface area contributed by atoms with Crippen LogP contribution in [0, 0.1) is 11.3 Å². The molecular weight excluding hydrogens is 360 g/mol. The standard InChI is InChI=1S/C25H30N2O2/c1-17(2)15-18-9-11-19(12-10-18)23(28)26-22-8-6-7-21-20(22)13-14-27(24(21)29)16-25(3,4)5/h6-14,17H,15-16H2,1-5H3,(H,26,28). The summed E-state index contributed by atoms with van der Waals surface area (Å²) in [5.74, 6) is 0.403. The van der Waals surface area contributed by atoms with Crippen LogP contribution in [0.2, 0.25) is 0 Å². The van der Waals surface area contributed by atoms with Crippen LogP contribution in [0.1, 0.15) is 50.5 Å². The number of carbonyl (C=O) groups is 1. The number of amides is 1. The summed E-state index contributed by atoms with van der Waals surface area (Å²) in [6, 6.07) is 15.1. The SMILES string of the molecule is CC(C)Cc1ccc(C(=O)Nc2cccc3c(=O)n(CC(C)(C)C)ccc23)cc1. The van der Waals surface area contributed by atoms with Gasteiger partial charge in [-0.2, -0.15) is 0 Å². The molecule has 0 saturated carbocycles. The first-order valence-electron chi connectivity index (χ1n) is 10.2. The van der Waals surface area contributed by atoms with E-state index in [4.69, 9.17) is 0 Å². The Labute approximate surface area is 172 Å². The summed E-state index contributed by atoms with van der Waals surface area (Å²) in [5, 5.41) is 4.34. The molecule has 2 aromatic carbocycles. The Morgan fingerprint density at radius 1 is 1.00 bits per heavy atom. The van der Waals surface area contributed by atoms with Gasteiger partial charge in [0.25, 0.3) is 11.5 Å². The van der Waals surface area contributed by atoms with E-state index in [9.17, 15) is 9.59 Å². The molecule has 0 unspecified atom stereocenters. The Hall–Kier alpha value is -2.88. The van der Waals surface area contributed by atoms with Gasteiger partial charge in [0.1, 0.15) is 0 Å². The van der Waals surface area contributed by atoms with Crippen LogP contribution in [0.15, 0.2) is 59.5 Å². The van der Waals surface area contributed by atoms with E-state index in [1.165, 1.54) is 5.56 Å². The second kappa shape index (κ2) is 8.24. The number of rotatable bonds is 5. The minimum absolute atomic E-state index is 0.00502. The van der Waals surface area contributed by atoms with E-state index in [0.29, 0.717) is 29.1 Å². The number of nitrogens with zero attached hydrogens (tertiary/aromatic N) is 1. The van der Waals surface area contributed by atoms with Crippen molar-refractivity contribution in [3.63, 3.8) is 0 Å².